The molecule has 2 aromatic rings. The van der Waals surface area contributed by atoms with Gasteiger partial charge in [0, 0.05) is 5.69 Å². The zero-order valence-corrected chi connectivity index (χ0v) is 15.8. The summed E-state index contributed by atoms with van der Waals surface area (Å²) in [6.45, 7) is 4.82. The molecule has 144 valence electrons. The number of likely N-dealkylation sites (tertiary alicyclic amines) is 1. The third-order valence-electron chi connectivity index (χ3n) is 5.90. The number of fused-ring (bicyclic) bond motifs is 1. The Hall–Kier alpha value is -2.86. The number of anilines is 1. The van der Waals surface area contributed by atoms with Crippen molar-refractivity contribution >= 4 is 17.5 Å². The fourth-order valence-corrected chi connectivity index (χ4v) is 4.87. The van der Waals surface area contributed by atoms with E-state index in [0.717, 1.165) is 22.6 Å². The zero-order valence-electron chi connectivity index (χ0n) is 15.8. The Morgan fingerprint density at radius 3 is 2.79 bits per heavy atom. The number of rotatable bonds is 4. The highest BCUT2D eigenvalue weighted by molar-refractivity contribution is 5.99. The van der Waals surface area contributed by atoms with Gasteiger partial charge in [0.15, 0.2) is 0 Å². The average molecular weight is 378 g/mol. The van der Waals surface area contributed by atoms with Crippen LogP contribution in [-0.2, 0) is 20.9 Å². The number of carbonyl (C=O) groups is 2. The van der Waals surface area contributed by atoms with E-state index in [9.17, 15) is 9.59 Å². The number of amides is 2. The third-order valence-corrected chi connectivity index (χ3v) is 5.90. The van der Waals surface area contributed by atoms with Gasteiger partial charge in [-0.05, 0) is 49.2 Å². The lowest BCUT2D eigenvalue weighted by molar-refractivity contribution is -0.136. The summed E-state index contributed by atoms with van der Waals surface area (Å²) in [5, 5.41) is 3.00. The molecular weight excluding hydrogens is 356 g/mol. The van der Waals surface area contributed by atoms with E-state index in [0.29, 0.717) is 13.1 Å². The van der Waals surface area contributed by atoms with E-state index in [1.54, 1.807) is 17.2 Å². The predicted octanol–water partition coefficient (Wildman–Crippen LogP) is 2.82. The van der Waals surface area contributed by atoms with Crippen LogP contribution in [0.5, 0.6) is 0 Å². The molecule has 0 aliphatic carbocycles. The molecule has 0 radical (unpaired) electrons. The molecule has 0 unspecified atom stereocenters. The predicted molar refractivity (Wildman–Crippen MR) is 102 cm³/mol. The van der Waals surface area contributed by atoms with Gasteiger partial charge < -0.3 is 19.4 Å². The molecule has 6 nitrogen and oxygen atoms in total. The van der Waals surface area contributed by atoms with E-state index in [4.69, 9.17) is 9.15 Å². The molecule has 2 fully saturated rings. The molecule has 2 saturated heterocycles. The first-order chi connectivity index (χ1) is 13.4. The van der Waals surface area contributed by atoms with Crippen LogP contribution in [0.4, 0.5) is 5.69 Å². The van der Waals surface area contributed by atoms with Crippen LogP contribution in [-0.4, -0.2) is 35.0 Å². The fraction of sp³-hybridized carbons (Fsp3) is 0.364. The van der Waals surface area contributed by atoms with Crippen molar-refractivity contribution in [3.63, 3.8) is 0 Å². The standard InChI is InChI=1S/C22H22N2O4/c1-13-8-14(2)10-15(9-13)23-20(25)18-17-5-6-22(28-17)12-24(21(26)19(18)22)11-16-4-3-7-27-16/h3-10,17-19H,11-12H2,1-2H3,(H,23,25)/t17-,18-,19+,22-/m0/s1. The second-order valence-corrected chi connectivity index (χ2v) is 8.04. The summed E-state index contributed by atoms with van der Waals surface area (Å²) in [6.07, 6.45) is 5.12. The molecule has 2 amide bonds. The van der Waals surface area contributed by atoms with Crippen molar-refractivity contribution in [3.8, 4) is 0 Å². The van der Waals surface area contributed by atoms with Gasteiger partial charge in [0.2, 0.25) is 11.8 Å². The van der Waals surface area contributed by atoms with Crippen molar-refractivity contribution in [2.75, 3.05) is 11.9 Å². The molecule has 1 aromatic carbocycles. The van der Waals surface area contributed by atoms with Gasteiger partial charge in [-0.2, -0.15) is 0 Å². The Bertz CT molecular complexity index is 960. The lowest BCUT2D eigenvalue weighted by Gasteiger charge is -2.23. The van der Waals surface area contributed by atoms with E-state index >= 15 is 0 Å². The van der Waals surface area contributed by atoms with E-state index in [1.165, 1.54) is 0 Å². The summed E-state index contributed by atoms with van der Waals surface area (Å²) in [6, 6.07) is 9.57. The van der Waals surface area contributed by atoms with Crippen LogP contribution >= 0.6 is 0 Å². The van der Waals surface area contributed by atoms with Crippen LogP contribution in [0.25, 0.3) is 0 Å². The largest absolute Gasteiger partial charge is 0.467 e. The average Bonchev–Trinajstić information content (AvgIpc) is 3.37. The first-order valence-electron chi connectivity index (χ1n) is 9.53. The summed E-state index contributed by atoms with van der Waals surface area (Å²) in [5.74, 6) is -0.522. The first kappa shape index (κ1) is 17.3. The number of nitrogens with one attached hydrogen (secondary N) is 1. The molecule has 4 atom stereocenters. The molecule has 1 N–H and O–H groups in total. The number of carbonyl (C=O) groups excluding carboxylic acids is 2. The Labute approximate surface area is 163 Å². The fourth-order valence-electron chi connectivity index (χ4n) is 4.87. The van der Waals surface area contributed by atoms with Gasteiger partial charge >= 0.3 is 0 Å². The van der Waals surface area contributed by atoms with Gasteiger partial charge in [-0.15, -0.1) is 0 Å². The van der Waals surface area contributed by atoms with Crippen molar-refractivity contribution in [2.45, 2.75) is 32.1 Å². The number of aryl methyl sites for hydroxylation is 2. The molecule has 4 heterocycles. The number of ether oxygens (including phenoxy) is 1. The van der Waals surface area contributed by atoms with E-state index in [2.05, 4.69) is 11.4 Å². The SMILES string of the molecule is Cc1cc(C)cc(NC(=O)[C@H]2[C@@H]3C=C[C@@]4(CN(Cc5ccco5)C(=O)[C@@H]24)O3)c1. The number of hydrogen-bond acceptors (Lipinski definition) is 4. The molecule has 5 rings (SSSR count). The molecular formula is C22H22N2O4. The molecule has 1 spiro atoms. The van der Waals surface area contributed by atoms with Crippen molar-refractivity contribution in [1.82, 2.24) is 4.90 Å². The van der Waals surface area contributed by atoms with Gasteiger partial charge in [0.1, 0.15) is 11.4 Å². The first-order valence-corrected chi connectivity index (χ1v) is 9.53. The quantitative estimate of drug-likeness (QED) is 0.831. The van der Waals surface area contributed by atoms with Crippen LogP contribution in [0.3, 0.4) is 0 Å². The smallest absolute Gasteiger partial charge is 0.231 e. The lowest BCUT2D eigenvalue weighted by atomic mass is 9.76. The lowest BCUT2D eigenvalue weighted by Crippen LogP contribution is -2.41. The maximum Gasteiger partial charge on any atom is 0.231 e. The Morgan fingerprint density at radius 1 is 1.29 bits per heavy atom. The molecule has 1 aromatic heterocycles. The second-order valence-electron chi connectivity index (χ2n) is 8.04. The Balaban J connectivity index is 1.39. The highest BCUT2D eigenvalue weighted by Crippen LogP contribution is 2.52. The summed E-state index contributed by atoms with van der Waals surface area (Å²) < 4.78 is 11.5. The highest BCUT2D eigenvalue weighted by Gasteiger charge is 2.66. The van der Waals surface area contributed by atoms with Gasteiger partial charge in [-0.3, -0.25) is 9.59 Å². The summed E-state index contributed by atoms with van der Waals surface area (Å²) in [5.41, 5.74) is 2.20. The van der Waals surface area contributed by atoms with Crippen LogP contribution in [0, 0.1) is 25.7 Å². The molecule has 0 saturated carbocycles. The molecule has 28 heavy (non-hydrogen) atoms. The van der Waals surface area contributed by atoms with Gasteiger partial charge in [-0.25, -0.2) is 0 Å². The maximum absolute atomic E-state index is 13.2. The van der Waals surface area contributed by atoms with Crippen molar-refractivity contribution in [2.24, 2.45) is 11.8 Å². The summed E-state index contributed by atoms with van der Waals surface area (Å²) in [7, 11) is 0. The van der Waals surface area contributed by atoms with E-state index in [1.807, 2.05) is 44.2 Å². The van der Waals surface area contributed by atoms with Crippen LogP contribution in [0.15, 0.2) is 53.2 Å². The Morgan fingerprint density at radius 2 is 2.07 bits per heavy atom. The van der Waals surface area contributed by atoms with Gasteiger partial charge in [-0.1, -0.05) is 18.2 Å². The minimum absolute atomic E-state index is 0.0520. The highest BCUT2D eigenvalue weighted by atomic mass is 16.5. The van der Waals surface area contributed by atoms with Crippen molar-refractivity contribution < 1.29 is 18.7 Å². The molecule has 2 bridgehead atoms. The van der Waals surface area contributed by atoms with Gasteiger partial charge in [0.05, 0.1) is 37.3 Å². The minimum Gasteiger partial charge on any atom is -0.467 e. The number of furan rings is 1. The van der Waals surface area contributed by atoms with Crippen molar-refractivity contribution in [3.05, 3.63) is 65.6 Å². The monoisotopic (exact) mass is 378 g/mol. The zero-order chi connectivity index (χ0) is 19.5. The number of nitrogens with zero attached hydrogens (tertiary/aromatic N) is 1. The molecule has 3 aliphatic rings. The normalized spacial score (nSPS) is 30.1. The maximum atomic E-state index is 13.2. The van der Waals surface area contributed by atoms with E-state index < -0.39 is 17.4 Å². The molecule has 6 heteroatoms. The second kappa shape index (κ2) is 6.07. The van der Waals surface area contributed by atoms with Crippen molar-refractivity contribution in [1.29, 1.82) is 0 Å². The topological polar surface area (TPSA) is 71.8 Å². The van der Waals surface area contributed by atoms with Gasteiger partial charge in [0.25, 0.3) is 0 Å². The number of benzene rings is 1. The molecule has 3 aliphatic heterocycles. The van der Waals surface area contributed by atoms with Crippen LogP contribution in [0.1, 0.15) is 16.9 Å². The number of hydrogen-bond donors (Lipinski definition) is 1. The minimum atomic E-state index is -0.709. The summed E-state index contributed by atoms with van der Waals surface area (Å²) >= 11 is 0. The van der Waals surface area contributed by atoms with Crippen LogP contribution < -0.4 is 5.32 Å². The van der Waals surface area contributed by atoms with Crippen LogP contribution in [0.2, 0.25) is 0 Å². The Kier molecular flexibility index (Phi) is 3.74. The third kappa shape index (κ3) is 2.59. The van der Waals surface area contributed by atoms with E-state index in [-0.39, 0.29) is 17.9 Å². The summed E-state index contributed by atoms with van der Waals surface area (Å²) in [4.78, 5) is 28.0.